The van der Waals surface area contributed by atoms with E-state index in [1.165, 1.54) is 5.56 Å². The van der Waals surface area contributed by atoms with Crippen molar-refractivity contribution < 1.29 is 0 Å². The second-order valence-corrected chi connectivity index (χ2v) is 6.29. The van der Waals surface area contributed by atoms with Gasteiger partial charge in [-0.15, -0.1) is 0 Å². The first kappa shape index (κ1) is 16.6. The molecule has 0 saturated heterocycles. The van der Waals surface area contributed by atoms with Crippen molar-refractivity contribution in [3.05, 3.63) is 108 Å². The number of halogens is 2. The van der Waals surface area contributed by atoms with Gasteiger partial charge in [0, 0.05) is 0 Å². The molecule has 0 aromatic heterocycles. The highest BCUT2D eigenvalue weighted by Crippen LogP contribution is 2.40. The van der Waals surface area contributed by atoms with Crippen molar-refractivity contribution in [3.8, 4) is 0 Å². The largest absolute Gasteiger partial charge is 0.168 e. The third-order valence-corrected chi connectivity index (χ3v) is 4.09. The molecular weight excluding hydrogens is 311 g/mol. The molecule has 3 aromatic rings. The van der Waals surface area contributed by atoms with E-state index >= 15 is 0 Å². The lowest BCUT2D eigenvalue weighted by atomic mass is 10.0. The Morgan fingerprint density at radius 1 is 0.545 bits per heavy atom. The van der Waals surface area contributed by atoms with Crippen LogP contribution in [0.2, 0.25) is 0 Å². The summed E-state index contributed by atoms with van der Waals surface area (Å²) in [6.07, 6.45) is 0. The standard InChI is InChI=1S/C13H10Cl2.C7H8/c14-13(15,11-7-3-1-4-8-11)12-9-5-2-6-10-12;1-7-5-3-2-4-6-7/h1-10H;2-6H,1H3. The zero-order valence-corrected chi connectivity index (χ0v) is 13.9. The van der Waals surface area contributed by atoms with Crippen LogP contribution in [0.3, 0.4) is 0 Å². The fourth-order valence-corrected chi connectivity index (χ4v) is 2.50. The van der Waals surface area contributed by atoms with Crippen molar-refractivity contribution in [1.29, 1.82) is 0 Å². The van der Waals surface area contributed by atoms with Gasteiger partial charge in [-0.25, -0.2) is 0 Å². The van der Waals surface area contributed by atoms with Crippen LogP contribution in [0.1, 0.15) is 16.7 Å². The van der Waals surface area contributed by atoms with Gasteiger partial charge in [-0.2, -0.15) is 0 Å². The number of hydrogen-bond acceptors (Lipinski definition) is 0. The van der Waals surface area contributed by atoms with Crippen molar-refractivity contribution in [3.63, 3.8) is 0 Å². The molecule has 3 rings (SSSR count). The molecule has 0 N–H and O–H groups in total. The Hall–Kier alpha value is -1.76. The van der Waals surface area contributed by atoms with E-state index in [4.69, 9.17) is 23.2 Å². The lowest BCUT2D eigenvalue weighted by molar-refractivity contribution is 1.04. The van der Waals surface area contributed by atoms with Crippen LogP contribution < -0.4 is 0 Å². The maximum absolute atomic E-state index is 6.35. The summed E-state index contributed by atoms with van der Waals surface area (Å²) in [5.41, 5.74) is 3.10. The van der Waals surface area contributed by atoms with Gasteiger partial charge >= 0.3 is 0 Å². The summed E-state index contributed by atoms with van der Waals surface area (Å²) in [7, 11) is 0. The molecule has 0 saturated carbocycles. The first-order valence-corrected chi connectivity index (χ1v) is 7.87. The van der Waals surface area contributed by atoms with E-state index in [0.717, 1.165) is 11.1 Å². The minimum Gasteiger partial charge on any atom is -0.0909 e. The maximum Gasteiger partial charge on any atom is 0.168 e. The third-order valence-electron chi connectivity index (χ3n) is 3.21. The van der Waals surface area contributed by atoms with Crippen LogP contribution in [0.5, 0.6) is 0 Å². The number of alkyl halides is 2. The molecule has 0 bridgehead atoms. The molecule has 0 aliphatic heterocycles. The van der Waals surface area contributed by atoms with E-state index in [0.29, 0.717) is 0 Å². The molecule has 112 valence electrons. The summed E-state index contributed by atoms with van der Waals surface area (Å²) >= 11 is 12.7. The SMILES string of the molecule is Cc1ccccc1.ClC(Cl)(c1ccccc1)c1ccccc1. The summed E-state index contributed by atoms with van der Waals surface area (Å²) in [4.78, 5) is 0. The predicted octanol–water partition coefficient (Wildman–Crippen LogP) is 6.36. The van der Waals surface area contributed by atoms with Gasteiger partial charge in [0.2, 0.25) is 0 Å². The fraction of sp³-hybridized carbons (Fsp3) is 0.100. The molecule has 22 heavy (non-hydrogen) atoms. The molecule has 0 atom stereocenters. The Balaban J connectivity index is 0.000000211. The summed E-state index contributed by atoms with van der Waals surface area (Å²) in [5, 5.41) is 0. The highest BCUT2D eigenvalue weighted by Gasteiger charge is 2.28. The van der Waals surface area contributed by atoms with E-state index in [1.807, 2.05) is 78.9 Å². The van der Waals surface area contributed by atoms with Gasteiger partial charge in [0.25, 0.3) is 0 Å². The highest BCUT2D eigenvalue weighted by atomic mass is 35.5. The smallest absolute Gasteiger partial charge is 0.0909 e. The average Bonchev–Trinajstić information content (AvgIpc) is 2.58. The fourth-order valence-electron chi connectivity index (χ4n) is 2.00. The lowest BCUT2D eigenvalue weighted by Crippen LogP contribution is -2.11. The Labute approximate surface area is 142 Å². The molecular formula is C20H18Cl2. The van der Waals surface area contributed by atoms with Gasteiger partial charge in [-0.1, -0.05) is 120 Å². The van der Waals surface area contributed by atoms with Crippen LogP contribution in [0.4, 0.5) is 0 Å². The molecule has 3 aromatic carbocycles. The molecule has 0 spiro atoms. The van der Waals surface area contributed by atoms with Crippen LogP contribution in [0.15, 0.2) is 91.0 Å². The monoisotopic (exact) mass is 328 g/mol. The molecule has 0 aliphatic carbocycles. The number of hydrogen-bond donors (Lipinski definition) is 0. The van der Waals surface area contributed by atoms with Crippen LogP contribution in [0, 0.1) is 6.92 Å². The normalized spacial score (nSPS) is 10.5. The van der Waals surface area contributed by atoms with E-state index in [1.54, 1.807) is 0 Å². The maximum atomic E-state index is 6.35. The van der Waals surface area contributed by atoms with Crippen molar-refractivity contribution in [2.75, 3.05) is 0 Å². The van der Waals surface area contributed by atoms with Crippen molar-refractivity contribution in [2.24, 2.45) is 0 Å². The van der Waals surface area contributed by atoms with Gasteiger partial charge in [-0.3, -0.25) is 0 Å². The first-order valence-electron chi connectivity index (χ1n) is 7.11. The van der Waals surface area contributed by atoms with Gasteiger partial charge in [0.1, 0.15) is 0 Å². The number of aryl methyl sites for hydroxylation is 1. The Bertz CT molecular complexity index is 620. The topological polar surface area (TPSA) is 0 Å². The van der Waals surface area contributed by atoms with Crippen molar-refractivity contribution >= 4 is 23.2 Å². The minimum atomic E-state index is -0.970. The molecule has 0 amide bonds. The average molecular weight is 329 g/mol. The van der Waals surface area contributed by atoms with Crippen LogP contribution in [-0.2, 0) is 4.33 Å². The highest BCUT2D eigenvalue weighted by molar-refractivity contribution is 6.50. The second-order valence-electron chi connectivity index (χ2n) is 4.96. The van der Waals surface area contributed by atoms with Gasteiger partial charge in [-0.05, 0) is 18.1 Å². The van der Waals surface area contributed by atoms with Crippen LogP contribution in [-0.4, -0.2) is 0 Å². The zero-order chi connectivity index (χ0) is 15.8. The van der Waals surface area contributed by atoms with E-state index in [9.17, 15) is 0 Å². The lowest BCUT2D eigenvalue weighted by Gasteiger charge is -2.20. The Morgan fingerprint density at radius 2 is 0.864 bits per heavy atom. The van der Waals surface area contributed by atoms with Crippen molar-refractivity contribution in [1.82, 2.24) is 0 Å². The summed E-state index contributed by atoms with van der Waals surface area (Å²) in [5.74, 6) is 0. The van der Waals surface area contributed by atoms with Crippen LogP contribution >= 0.6 is 23.2 Å². The molecule has 0 heterocycles. The zero-order valence-electron chi connectivity index (χ0n) is 12.4. The van der Waals surface area contributed by atoms with E-state index in [2.05, 4.69) is 19.1 Å². The molecule has 0 fully saturated rings. The third kappa shape index (κ3) is 4.62. The van der Waals surface area contributed by atoms with E-state index in [-0.39, 0.29) is 0 Å². The molecule has 0 nitrogen and oxygen atoms in total. The van der Waals surface area contributed by atoms with Gasteiger partial charge in [0.15, 0.2) is 4.33 Å². The first-order chi connectivity index (χ1) is 10.6. The number of rotatable bonds is 2. The van der Waals surface area contributed by atoms with Crippen LogP contribution in [0.25, 0.3) is 0 Å². The minimum absolute atomic E-state index is 0.888. The van der Waals surface area contributed by atoms with Gasteiger partial charge in [0.05, 0.1) is 0 Å². The molecule has 0 aliphatic rings. The second kappa shape index (κ2) is 8.03. The Kier molecular flexibility index (Phi) is 6.06. The number of benzene rings is 3. The van der Waals surface area contributed by atoms with Crippen molar-refractivity contribution in [2.45, 2.75) is 11.3 Å². The molecule has 0 unspecified atom stereocenters. The predicted molar refractivity (Wildman–Crippen MR) is 96.5 cm³/mol. The Morgan fingerprint density at radius 3 is 1.14 bits per heavy atom. The summed E-state index contributed by atoms with van der Waals surface area (Å²) in [6.45, 7) is 2.08. The molecule has 0 radical (unpaired) electrons. The quantitative estimate of drug-likeness (QED) is 0.480. The summed E-state index contributed by atoms with van der Waals surface area (Å²) in [6, 6.07) is 29.6. The van der Waals surface area contributed by atoms with Gasteiger partial charge < -0.3 is 0 Å². The van der Waals surface area contributed by atoms with E-state index < -0.39 is 4.33 Å². The molecule has 2 heteroatoms. The summed E-state index contributed by atoms with van der Waals surface area (Å²) < 4.78 is -0.970.